The predicted molar refractivity (Wildman–Crippen MR) is 225 cm³/mol. The molecular formula is C44H71O11P. The molecule has 0 fully saturated rings. The highest BCUT2D eigenvalue weighted by atomic mass is 31.2. The number of phosphoric acid groups is 1. The third kappa shape index (κ3) is 37.8. The van der Waals surface area contributed by atoms with Crippen LogP contribution >= 0.6 is 7.82 Å². The van der Waals surface area contributed by atoms with Crippen LogP contribution in [-0.2, 0) is 32.7 Å². The topological polar surface area (TPSA) is 169 Å². The molecule has 0 radical (unpaired) electrons. The summed E-state index contributed by atoms with van der Waals surface area (Å²) in [6.07, 6.45) is 42.7. The summed E-state index contributed by atoms with van der Waals surface area (Å²) in [5, 5.41) is 28.3. The highest BCUT2D eigenvalue weighted by molar-refractivity contribution is 7.47. The van der Waals surface area contributed by atoms with Gasteiger partial charge in [-0.2, -0.15) is 0 Å². The standard InChI is InChI=1S/C44H71O11P/c1-3-5-7-9-11-12-13-14-15-16-17-18-22-26-30-34-43(48)52-38-42(39-54-56(50,51)53-37-41(47)36-45)55-44(49)35-31-27-23-20-19-21-25-29-33-40(46)32-28-24-10-8-6-4-2/h5-8,11-12,14-15,20-21,23-25,28-29,33,40-42,45-47H,3-4,9-10,13,16-19,22,26-27,30-32,34-39H2,1-2H3,(H,50,51)/b7-5-,8-6-,12-11-,15-14-,23-20-,25-21-,28-24-,33-29+/t40?,41-,42+/m0/s1. The number of esters is 2. The lowest BCUT2D eigenvalue weighted by atomic mass is 10.1. The third-order valence-electron chi connectivity index (χ3n) is 7.81. The number of hydrogen-bond acceptors (Lipinski definition) is 10. The molecule has 0 rings (SSSR count). The lowest BCUT2D eigenvalue weighted by Crippen LogP contribution is -2.29. The van der Waals surface area contributed by atoms with Crippen molar-refractivity contribution in [1.82, 2.24) is 0 Å². The Bertz CT molecular complexity index is 1270. The number of carbonyl (C=O) groups excluding carboxylic acids is 2. The summed E-state index contributed by atoms with van der Waals surface area (Å²) in [6, 6.07) is 0. The van der Waals surface area contributed by atoms with Crippen LogP contribution in [-0.4, -0.2) is 76.9 Å². The zero-order valence-electron chi connectivity index (χ0n) is 33.9. The highest BCUT2D eigenvalue weighted by Crippen LogP contribution is 2.43. The summed E-state index contributed by atoms with van der Waals surface area (Å²) in [5.74, 6) is -1.06. The molecule has 56 heavy (non-hydrogen) atoms. The first kappa shape index (κ1) is 52.9. The number of ether oxygens (including phenoxy) is 2. The maximum atomic E-state index is 12.6. The molecule has 4 N–H and O–H groups in total. The lowest BCUT2D eigenvalue weighted by molar-refractivity contribution is -0.161. The average molecular weight is 807 g/mol. The molecule has 0 amide bonds. The number of unbranched alkanes of at least 4 members (excludes halogenated alkanes) is 6. The molecule has 0 bridgehead atoms. The Morgan fingerprint density at radius 2 is 1.14 bits per heavy atom. The molecule has 0 aliphatic heterocycles. The fourth-order valence-electron chi connectivity index (χ4n) is 4.71. The fraction of sp³-hybridized carbons (Fsp3) is 0.591. The van der Waals surface area contributed by atoms with Crippen LogP contribution in [0.5, 0.6) is 0 Å². The van der Waals surface area contributed by atoms with Crippen molar-refractivity contribution in [2.75, 3.05) is 26.4 Å². The van der Waals surface area contributed by atoms with Crippen molar-refractivity contribution in [2.45, 2.75) is 141 Å². The smallest absolute Gasteiger partial charge is 0.462 e. The van der Waals surface area contributed by atoms with Gasteiger partial charge in [-0.05, 0) is 77.0 Å². The Kier molecular flexibility index (Phi) is 36.5. The van der Waals surface area contributed by atoms with Gasteiger partial charge in [0.25, 0.3) is 0 Å². The van der Waals surface area contributed by atoms with E-state index in [1.54, 1.807) is 6.08 Å². The van der Waals surface area contributed by atoms with Gasteiger partial charge in [-0.1, -0.05) is 130 Å². The van der Waals surface area contributed by atoms with Crippen LogP contribution in [0.4, 0.5) is 0 Å². The summed E-state index contributed by atoms with van der Waals surface area (Å²) < 4.78 is 32.5. The first-order valence-electron chi connectivity index (χ1n) is 20.3. The summed E-state index contributed by atoms with van der Waals surface area (Å²) in [5.41, 5.74) is 0. The number of hydrogen-bond donors (Lipinski definition) is 4. The van der Waals surface area contributed by atoms with Gasteiger partial charge in [-0.15, -0.1) is 0 Å². The summed E-state index contributed by atoms with van der Waals surface area (Å²) in [6.45, 7) is 1.94. The zero-order valence-corrected chi connectivity index (χ0v) is 34.8. The van der Waals surface area contributed by atoms with Crippen molar-refractivity contribution >= 4 is 19.8 Å². The van der Waals surface area contributed by atoms with Crippen molar-refractivity contribution < 1.29 is 52.9 Å². The molecule has 0 aromatic heterocycles. The molecule has 318 valence electrons. The lowest BCUT2D eigenvalue weighted by Gasteiger charge is -2.20. The molecule has 12 heteroatoms. The predicted octanol–water partition coefficient (Wildman–Crippen LogP) is 9.41. The molecular weight excluding hydrogens is 735 g/mol. The van der Waals surface area contributed by atoms with Crippen LogP contribution < -0.4 is 0 Å². The Hall–Kier alpha value is -3.15. The van der Waals surface area contributed by atoms with Crippen molar-refractivity contribution in [2.24, 2.45) is 0 Å². The van der Waals surface area contributed by atoms with Gasteiger partial charge in [-0.3, -0.25) is 18.6 Å². The minimum absolute atomic E-state index is 0.0638. The van der Waals surface area contributed by atoms with E-state index in [-0.39, 0.29) is 19.4 Å². The van der Waals surface area contributed by atoms with Crippen molar-refractivity contribution in [1.29, 1.82) is 0 Å². The van der Waals surface area contributed by atoms with Crippen LogP contribution in [0.3, 0.4) is 0 Å². The summed E-state index contributed by atoms with van der Waals surface area (Å²) in [7, 11) is -4.66. The SMILES string of the molecule is CC/C=C\C/C=C\C/C=C\CCCCCCCC(=O)OC[C@H](COP(=O)(O)OC[C@@H](O)CO)OC(=O)CCC/C=C\C/C=C\C=C\C(O)C/C=C\C/C=C\CC. The van der Waals surface area contributed by atoms with Crippen LogP contribution in [0, 0.1) is 0 Å². The van der Waals surface area contributed by atoms with E-state index >= 15 is 0 Å². The van der Waals surface area contributed by atoms with Crippen molar-refractivity contribution in [3.05, 3.63) is 97.2 Å². The third-order valence-corrected chi connectivity index (χ3v) is 8.76. The van der Waals surface area contributed by atoms with E-state index in [1.165, 1.54) is 0 Å². The van der Waals surface area contributed by atoms with E-state index < -0.39 is 57.9 Å². The maximum absolute atomic E-state index is 12.6. The number of allylic oxidation sites excluding steroid dienone is 14. The van der Waals surface area contributed by atoms with Crippen molar-refractivity contribution in [3.8, 4) is 0 Å². The van der Waals surface area contributed by atoms with Crippen LogP contribution in [0.1, 0.15) is 123 Å². The number of rotatable bonds is 36. The van der Waals surface area contributed by atoms with E-state index in [0.717, 1.165) is 64.2 Å². The van der Waals surface area contributed by atoms with Gasteiger partial charge in [-0.25, -0.2) is 4.57 Å². The van der Waals surface area contributed by atoms with E-state index in [2.05, 4.69) is 67.0 Å². The Labute approximate surface area is 336 Å². The quantitative estimate of drug-likeness (QED) is 0.0156. The molecule has 0 heterocycles. The molecule has 0 saturated heterocycles. The molecule has 0 aromatic carbocycles. The van der Waals surface area contributed by atoms with Gasteiger partial charge in [0, 0.05) is 12.8 Å². The normalized spacial score (nSPS) is 15.5. The largest absolute Gasteiger partial charge is 0.472 e. The van der Waals surface area contributed by atoms with E-state index in [0.29, 0.717) is 32.1 Å². The molecule has 0 spiro atoms. The monoisotopic (exact) mass is 806 g/mol. The van der Waals surface area contributed by atoms with Gasteiger partial charge < -0.3 is 29.7 Å². The van der Waals surface area contributed by atoms with Gasteiger partial charge in [0.05, 0.1) is 25.9 Å². The van der Waals surface area contributed by atoms with E-state index in [1.807, 2.05) is 42.5 Å². The average Bonchev–Trinajstić information content (AvgIpc) is 3.18. The van der Waals surface area contributed by atoms with Gasteiger partial charge in [0.2, 0.25) is 0 Å². The highest BCUT2D eigenvalue weighted by Gasteiger charge is 2.27. The van der Waals surface area contributed by atoms with Crippen molar-refractivity contribution in [3.63, 3.8) is 0 Å². The number of carbonyl (C=O) groups is 2. The molecule has 11 nitrogen and oxygen atoms in total. The second kappa shape index (κ2) is 38.7. The van der Waals surface area contributed by atoms with E-state index in [9.17, 15) is 29.3 Å². The number of aliphatic hydroxyl groups excluding tert-OH is 3. The summed E-state index contributed by atoms with van der Waals surface area (Å²) >= 11 is 0. The van der Waals surface area contributed by atoms with Gasteiger partial charge in [0.1, 0.15) is 12.7 Å². The molecule has 4 atom stereocenters. The van der Waals surface area contributed by atoms with Gasteiger partial charge >= 0.3 is 19.8 Å². The van der Waals surface area contributed by atoms with Gasteiger partial charge in [0.15, 0.2) is 6.10 Å². The second-order valence-corrected chi connectivity index (χ2v) is 14.5. The summed E-state index contributed by atoms with van der Waals surface area (Å²) in [4.78, 5) is 34.9. The van der Waals surface area contributed by atoms with Crippen LogP contribution in [0.15, 0.2) is 97.2 Å². The molecule has 0 aliphatic rings. The minimum Gasteiger partial charge on any atom is -0.462 e. The number of aliphatic hydroxyl groups is 3. The zero-order chi connectivity index (χ0) is 41.4. The second-order valence-electron chi connectivity index (χ2n) is 13.1. The molecule has 0 saturated carbocycles. The molecule has 2 unspecified atom stereocenters. The minimum atomic E-state index is -4.66. The maximum Gasteiger partial charge on any atom is 0.472 e. The first-order valence-corrected chi connectivity index (χ1v) is 21.8. The van der Waals surface area contributed by atoms with Crippen LogP contribution in [0.2, 0.25) is 0 Å². The Balaban J connectivity index is 4.55. The first-order chi connectivity index (χ1) is 27.1. The van der Waals surface area contributed by atoms with Crippen LogP contribution in [0.25, 0.3) is 0 Å². The van der Waals surface area contributed by atoms with E-state index in [4.69, 9.17) is 19.1 Å². The Morgan fingerprint density at radius 1 is 0.607 bits per heavy atom. The molecule has 0 aliphatic carbocycles. The Morgan fingerprint density at radius 3 is 1.80 bits per heavy atom. The molecule has 0 aromatic rings. The fourth-order valence-corrected chi connectivity index (χ4v) is 5.50. The number of phosphoric ester groups is 1.